The second-order valence-corrected chi connectivity index (χ2v) is 7.84. The summed E-state index contributed by atoms with van der Waals surface area (Å²) in [5, 5.41) is 2.55. The molecule has 2 aromatic rings. The van der Waals surface area contributed by atoms with Gasteiger partial charge in [-0.15, -0.1) is 0 Å². The third kappa shape index (κ3) is 5.08. The van der Waals surface area contributed by atoms with Crippen molar-refractivity contribution < 1.29 is 23.9 Å². The van der Waals surface area contributed by atoms with Crippen molar-refractivity contribution in [3.05, 3.63) is 57.0 Å². The third-order valence-corrected chi connectivity index (χ3v) is 5.09. The van der Waals surface area contributed by atoms with Crippen molar-refractivity contribution in [3.8, 4) is 11.5 Å². The van der Waals surface area contributed by atoms with Crippen LogP contribution in [0.5, 0.6) is 11.5 Å². The van der Waals surface area contributed by atoms with Gasteiger partial charge in [-0.1, -0.05) is 24.6 Å². The number of hydrogen-bond donors (Lipinski definition) is 1. The molecule has 0 aromatic heterocycles. The number of halogens is 2. The molecule has 1 saturated heterocycles. The SMILES string of the molecule is CCCOc1c(Br)cc(/C=C2\C(=O)NC(=O)N(c3cccc(Cl)c3)C2=O)cc1OCC. The molecule has 7 nitrogen and oxygen atoms in total. The zero-order chi connectivity index (χ0) is 22.5. The minimum atomic E-state index is -0.839. The van der Waals surface area contributed by atoms with Crippen LogP contribution < -0.4 is 19.7 Å². The monoisotopic (exact) mass is 506 g/mol. The van der Waals surface area contributed by atoms with E-state index in [2.05, 4.69) is 21.2 Å². The first-order valence-corrected chi connectivity index (χ1v) is 10.8. The van der Waals surface area contributed by atoms with Gasteiger partial charge in [0, 0.05) is 5.02 Å². The molecule has 162 valence electrons. The minimum Gasteiger partial charge on any atom is -0.490 e. The Morgan fingerprint density at radius 3 is 2.58 bits per heavy atom. The highest BCUT2D eigenvalue weighted by atomic mass is 79.9. The van der Waals surface area contributed by atoms with Crippen LogP contribution in [0, 0.1) is 0 Å². The third-order valence-electron chi connectivity index (χ3n) is 4.26. The van der Waals surface area contributed by atoms with E-state index in [1.54, 1.807) is 30.3 Å². The van der Waals surface area contributed by atoms with Crippen LogP contribution >= 0.6 is 27.5 Å². The number of carbonyl (C=O) groups excluding carboxylic acids is 3. The maximum absolute atomic E-state index is 13.0. The van der Waals surface area contributed by atoms with Crippen LogP contribution in [0.4, 0.5) is 10.5 Å². The van der Waals surface area contributed by atoms with Crippen LogP contribution in [0.1, 0.15) is 25.8 Å². The number of benzene rings is 2. The summed E-state index contributed by atoms with van der Waals surface area (Å²) in [7, 11) is 0. The number of barbiturate groups is 1. The van der Waals surface area contributed by atoms with E-state index < -0.39 is 17.8 Å². The average molecular weight is 508 g/mol. The smallest absolute Gasteiger partial charge is 0.335 e. The van der Waals surface area contributed by atoms with E-state index in [1.165, 1.54) is 12.1 Å². The Hall–Kier alpha value is -2.84. The fourth-order valence-corrected chi connectivity index (χ4v) is 3.71. The minimum absolute atomic E-state index is 0.198. The van der Waals surface area contributed by atoms with Gasteiger partial charge in [0.2, 0.25) is 0 Å². The lowest BCUT2D eigenvalue weighted by Crippen LogP contribution is -2.54. The van der Waals surface area contributed by atoms with E-state index in [4.69, 9.17) is 21.1 Å². The Kier molecular flexibility index (Phi) is 7.35. The summed E-state index contributed by atoms with van der Waals surface area (Å²) in [6, 6.07) is 8.80. The Labute approximate surface area is 193 Å². The lowest BCUT2D eigenvalue weighted by atomic mass is 10.1. The number of nitrogens with zero attached hydrogens (tertiary/aromatic N) is 1. The van der Waals surface area contributed by atoms with E-state index in [1.807, 2.05) is 13.8 Å². The second-order valence-electron chi connectivity index (χ2n) is 6.55. The number of urea groups is 1. The number of amides is 4. The fourth-order valence-electron chi connectivity index (χ4n) is 2.95. The molecular weight excluding hydrogens is 488 g/mol. The van der Waals surface area contributed by atoms with Gasteiger partial charge in [-0.25, -0.2) is 9.69 Å². The Morgan fingerprint density at radius 2 is 1.90 bits per heavy atom. The van der Waals surface area contributed by atoms with E-state index in [-0.39, 0.29) is 11.3 Å². The van der Waals surface area contributed by atoms with Crippen LogP contribution in [-0.4, -0.2) is 31.1 Å². The molecule has 0 bridgehead atoms. The van der Waals surface area contributed by atoms with E-state index >= 15 is 0 Å². The van der Waals surface area contributed by atoms with Crippen molar-refractivity contribution in [2.24, 2.45) is 0 Å². The van der Waals surface area contributed by atoms with Gasteiger partial charge in [0.25, 0.3) is 11.8 Å². The number of hydrogen-bond acceptors (Lipinski definition) is 5. The van der Waals surface area contributed by atoms with E-state index in [0.717, 1.165) is 11.3 Å². The highest BCUT2D eigenvalue weighted by Crippen LogP contribution is 2.38. The molecule has 1 fully saturated rings. The van der Waals surface area contributed by atoms with Gasteiger partial charge in [-0.3, -0.25) is 14.9 Å². The van der Waals surface area contributed by atoms with Gasteiger partial charge >= 0.3 is 6.03 Å². The summed E-state index contributed by atoms with van der Waals surface area (Å²) in [5.41, 5.74) is 0.585. The number of ether oxygens (including phenoxy) is 2. The Bertz CT molecular complexity index is 1070. The molecule has 1 aliphatic rings. The van der Waals surface area contributed by atoms with Crippen molar-refractivity contribution >= 4 is 57.1 Å². The predicted octanol–water partition coefficient (Wildman–Crippen LogP) is 4.96. The van der Waals surface area contributed by atoms with Gasteiger partial charge in [-0.05, 0) is 71.2 Å². The molecule has 9 heteroatoms. The first-order valence-electron chi connectivity index (χ1n) is 9.61. The number of rotatable bonds is 7. The molecule has 0 saturated carbocycles. The van der Waals surface area contributed by atoms with Gasteiger partial charge in [0.1, 0.15) is 5.57 Å². The van der Waals surface area contributed by atoms with Gasteiger partial charge in [0.15, 0.2) is 11.5 Å². The molecule has 0 unspecified atom stereocenters. The van der Waals surface area contributed by atoms with Crippen molar-refractivity contribution in [2.45, 2.75) is 20.3 Å². The summed E-state index contributed by atoms with van der Waals surface area (Å²) in [4.78, 5) is 38.7. The molecule has 0 atom stereocenters. The predicted molar refractivity (Wildman–Crippen MR) is 122 cm³/mol. The first kappa shape index (κ1) is 22.8. The molecule has 3 rings (SSSR count). The van der Waals surface area contributed by atoms with Crippen molar-refractivity contribution in [1.82, 2.24) is 5.32 Å². The van der Waals surface area contributed by atoms with Crippen LogP contribution in [0.15, 0.2) is 46.4 Å². The zero-order valence-electron chi connectivity index (χ0n) is 16.9. The molecule has 1 heterocycles. The molecule has 0 spiro atoms. The number of imide groups is 2. The molecule has 2 aromatic carbocycles. The molecule has 31 heavy (non-hydrogen) atoms. The van der Waals surface area contributed by atoms with Gasteiger partial charge < -0.3 is 9.47 Å². The number of anilines is 1. The van der Waals surface area contributed by atoms with Crippen LogP contribution in [0.25, 0.3) is 6.08 Å². The molecule has 1 aliphatic heterocycles. The first-order chi connectivity index (χ1) is 14.8. The maximum Gasteiger partial charge on any atom is 0.335 e. The van der Waals surface area contributed by atoms with Crippen LogP contribution in [-0.2, 0) is 9.59 Å². The van der Waals surface area contributed by atoms with Gasteiger partial charge in [0.05, 0.1) is 23.4 Å². The lowest BCUT2D eigenvalue weighted by Gasteiger charge is -2.26. The largest absolute Gasteiger partial charge is 0.490 e. The van der Waals surface area contributed by atoms with E-state index in [9.17, 15) is 14.4 Å². The average Bonchev–Trinajstić information content (AvgIpc) is 2.71. The molecular formula is C22H20BrClN2O5. The van der Waals surface area contributed by atoms with E-state index in [0.29, 0.717) is 39.8 Å². The van der Waals surface area contributed by atoms with Crippen molar-refractivity contribution in [1.29, 1.82) is 0 Å². The molecule has 0 aliphatic carbocycles. The summed E-state index contributed by atoms with van der Waals surface area (Å²) in [6.45, 7) is 4.75. The number of carbonyl (C=O) groups is 3. The molecule has 4 amide bonds. The zero-order valence-corrected chi connectivity index (χ0v) is 19.2. The second kappa shape index (κ2) is 9.98. The number of nitrogens with one attached hydrogen (secondary N) is 1. The molecule has 0 radical (unpaired) electrons. The van der Waals surface area contributed by atoms with Crippen molar-refractivity contribution in [3.63, 3.8) is 0 Å². The topological polar surface area (TPSA) is 84.9 Å². The highest BCUT2D eigenvalue weighted by Gasteiger charge is 2.37. The normalized spacial score (nSPS) is 15.3. The summed E-state index contributed by atoms with van der Waals surface area (Å²) < 4.78 is 12.0. The Morgan fingerprint density at radius 1 is 1.13 bits per heavy atom. The van der Waals surface area contributed by atoms with Crippen LogP contribution in [0.3, 0.4) is 0 Å². The van der Waals surface area contributed by atoms with Crippen LogP contribution in [0.2, 0.25) is 5.02 Å². The molecule has 1 N–H and O–H groups in total. The highest BCUT2D eigenvalue weighted by molar-refractivity contribution is 9.10. The lowest BCUT2D eigenvalue weighted by molar-refractivity contribution is -0.122. The summed E-state index contributed by atoms with van der Waals surface area (Å²) in [6.07, 6.45) is 2.23. The fraction of sp³-hybridized carbons (Fsp3) is 0.227. The standard InChI is InChI=1S/C22H20BrClN2O5/c1-3-8-31-19-17(23)10-13(11-18(19)30-4-2)9-16-20(27)25-22(29)26(21(16)28)15-7-5-6-14(24)12-15/h5-7,9-12H,3-4,8H2,1-2H3,(H,25,27,29)/b16-9+. The maximum atomic E-state index is 13.0. The van der Waals surface area contributed by atoms with Gasteiger partial charge in [-0.2, -0.15) is 0 Å². The summed E-state index contributed by atoms with van der Waals surface area (Å²) >= 11 is 9.45. The quantitative estimate of drug-likeness (QED) is 0.423. The Balaban J connectivity index is 2.02. The van der Waals surface area contributed by atoms with Crippen molar-refractivity contribution in [2.75, 3.05) is 18.1 Å². The summed E-state index contributed by atoms with van der Waals surface area (Å²) in [5.74, 6) is -0.519.